The molecule has 416 valence electrons. The number of hydrogen-bond acceptors (Lipinski definition) is 16. The van der Waals surface area contributed by atoms with Gasteiger partial charge >= 0.3 is 23.9 Å². The lowest BCUT2D eigenvalue weighted by Gasteiger charge is -2.10. The SMILES string of the molecule is C=C(C)C(=O)OCCCCCCOc1ccc(C(=O)Oc2ccc(/N=N/c3ccc(/N=N/c4ccc(/N=N/c5ccc(OC(=O)c6ccc(OCCCCCCOC(=O)C(=C)C)cc6)c6ccccc56)cc4)cc3)c3ccccc23)cc1. The van der Waals surface area contributed by atoms with Gasteiger partial charge in [-0.2, -0.15) is 20.5 Å². The molecule has 0 radical (unpaired) electrons. The van der Waals surface area contributed by atoms with E-state index in [0.29, 0.717) is 117 Å². The second-order valence-corrected chi connectivity index (χ2v) is 19.1. The summed E-state index contributed by atoms with van der Waals surface area (Å²) >= 11 is 0. The van der Waals surface area contributed by atoms with Crippen molar-refractivity contribution in [2.75, 3.05) is 26.4 Å². The minimum atomic E-state index is -0.502. The van der Waals surface area contributed by atoms with Crippen molar-refractivity contribution >= 4 is 79.5 Å². The summed E-state index contributed by atoms with van der Waals surface area (Å²) in [7, 11) is 0. The van der Waals surface area contributed by atoms with Crippen molar-refractivity contribution in [3.8, 4) is 23.0 Å². The highest BCUT2D eigenvalue weighted by molar-refractivity contribution is 6.01. The third-order valence-electron chi connectivity index (χ3n) is 12.6. The number of benzene rings is 8. The van der Waals surface area contributed by atoms with E-state index in [4.69, 9.17) is 28.4 Å². The molecule has 0 amide bonds. The first-order valence-corrected chi connectivity index (χ1v) is 27.0. The van der Waals surface area contributed by atoms with Crippen LogP contribution in [-0.4, -0.2) is 50.3 Å². The highest BCUT2D eigenvalue weighted by Crippen LogP contribution is 2.37. The minimum absolute atomic E-state index is 0.362. The molecule has 0 aliphatic carbocycles. The second-order valence-electron chi connectivity index (χ2n) is 19.1. The third-order valence-corrected chi connectivity index (χ3v) is 12.6. The number of hydrogen-bond donors (Lipinski definition) is 0. The largest absolute Gasteiger partial charge is 0.494 e. The molecule has 0 aromatic heterocycles. The number of ether oxygens (including phenoxy) is 6. The summed E-state index contributed by atoms with van der Waals surface area (Å²) in [4.78, 5) is 49.4. The fraction of sp³-hybridized carbons (Fsp3) is 0.212. The Balaban J connectivity index is 0.783. The van der Waals surface area contributed by atoms with Gasteiger partial charge in [0.2, 0.25) is 0 Å². The molecule has 0 heterocycles. The fourth-order valence-electron chi connectivity index (χ4n) is 8.14. The standard InChI is InChI=1S/C66H62N6O10/c1-45(2)63(73)79-43-15-7-5-13-41-77-53-33-21-47(22-34-53)65(75)81-61-39-37-59(55-17-9-11-19-57(55)61)71-69-51-29-25-49(26-30-51)67-68-50-27-31-52(32-28-50)70-72-60-38-40-62(58-20-12-10-18-56(58)60)82-66(76)48-23-35-54(36-24-48)78-42-14-6-8-16-44-80-64(74)46(3)4/h9-12,17-40H,1,3,5-8,13-16,41-44H2,2,4H3/b68-67+,71-69+,72-70+. The summed E-state index contributed by atoms with van der Waals surface area (Å²) in [5, 5.41) is 29.7. The molecular formula is C66H62N6O10. The highest BCUT2D eigenvalue weighted by atomic mass is 16.5. The number of rotatable bonds is 28. The van der Waals surface area contributed by atoms with Gasteiger partial charge in [0.1, 0.15) is 23.0 Å². The molecule has 0 N–H and O–H groups in total. The molecule has 8 aromatic rings. The van der Waals surface area contributed by atoms with Gasteiger partial charge in [-0.15, -0.1) is 10.2 Å². The molecule has 16 nitrogen and oxygen atoms in total. The van der Waals surface area contributed by atoms with E-state index in [1.54, 1.807) is 135 Å². The second kappa shape index (κ2) is 29.9. The van der Waals surface area contributed by atoms with Crippen LogP contribution in [-0.2, 0) is 19.1 Å². The summed E-state index contributed by atoms with van der Waals surface area (Å²) in [6.45, 7) is 12.2. The fourth-order valence-corrected chi connectivity index (χ4v) is 8.14. The van der Waals surface area contributed by atoms with E-state index in [1.165, 1.54) is 0 Å². The molecule has 0 fully saturated rings. The van der Waals surface area contributed by atoms with Gasteiger partial charge in [0.05, 0.1) is 71.7 Å². The molecule has 0 bridgehead atoms. The lowest BCUT2D eigenvalue weighted by molar-refractivity contribution is -0.139. The summed E-state index contributed by atoms with van der Waals surface area (Å²) in [5.41, 5.74) is 5.21. The highest BCUT2D eigenvalue weighted by Gasteiger charge is 2.16. The van der Waals surface area contributed by atoms with Gasteiger partial charge in [-0.3, -0.25) is 0 Å². The molecule has 0 unspecified atom stereocenters. The van der Waals surface area contributed by atoms with Crippen molar-refractivity contribution in [3.63, 3.8) is 0 Å². The Morgan fingerprint density at radius 3 is 1.01 bits per heavy atom. The van der Waals surface area contributed by atoms with Crippen LogP contribution < -0.4 is 18.9 Å². The molecular weight excluding hydrogens is 1040 g/mol. The Morgan fingerprint density at radius 1 is 0.354 bits per heavy atom. The van der Waals surface area contributed by atoms with Crippen LogP contribution in [0.3, 0.4) is 0 Å². The van der Waals surface area contributed by atoms with Gasteiger partial charge in [-0.1, -0.05) is 61.7 Å². The van der Waals surface area contributed by atoms with Crippen LogP contribution in [0.1, 0.15) is 85.9 Å². The zero-order chi connectivity index (χ0) is 57.5. The number of esters is 4. The van der Waals surface area contributed by atoms with Gasteiger partial charge in [0.25, 0.3) is 0 Å². The van der Waals surface area contributed by atoms with E-state index >= 15 is 0 Å². The molecule has 0 atom stereocenters. The topological polar surface area (TPSA) is 198 Å². The zero-order valence-electron chi connectivity index (χ0n) is 45.8. The first-order valence-electron chi connectivity index (χ1n) is 27.0. The van der Waals surface area contributed by atoms with Gasteiger partial charge in [0, 0.05) is 32.7 Å². The molecule has 8 aromatic carbocycles. The first-order chi connectivity index (χ1) is 40.0. The Morgan fingerprint density at radius 2 is 0.671 bits per heavy atom. The first kappa shape index (κ1) is 58.2. The van der Waals surface area contributed by atoms with Crippen LogP contribution in [0, 0.1) is 0 Å². The van der Waals surface area contributed by atoms with Crippen molar-refractivity contribution in [1.82, 2.24) is 0 Å². The van der Waals surface area contributed by atoms with Crippen LogP contribution in [0.15, 0.2) is 225 Å². The summed E-state index contributed by atoms with van der Waals surface area (Å²) in [6.07, 6.45) is 6.97. The lowest BCUT2D eigenvalue weighted by atomic mass is 10.1. The van der Waals surface area contributed by atoms with Gasteiger partial charge < -0.3 is 28.4 Å². The van der Waals surface area contributed by atoms with Gasteiger partial charge in [-0.05, 0) is 187 Å². The van der Waals surface area contributed by atoms with Crippen molar-refractivity contribution in [2.45, 2.75) is 65.2 Å². The Kier molecular flexibility index (Phi) is 21.2. The summed E-state index contributed by atoms with van der Waals surface area (Å²) in [6, 6.07) is 50.1. The summed E-state index contributed by atoms with van der Waals surface area (Å²) in [5.74, 6) is 0.368. The maximum atomic E-state index is 13.2. The predicted octanol–water partition coefficient (Wildman–Crippen LogP) is 17.8. The van der Waals surface area contributed by atoms with E-state index in [2.05, 4.69) is 43.8 Å². The summed E-state index contributed by atoms with van der Waals surface area (Å²) < 4.78 is 33.7. The zero-order valence-corrected chi connectivity index (χ0v) is 45.8. The smallest absolute Gasteiger partial charge is 0.343 e. The maximum absolute atomic E-state index is 13.2. The Hall–Kier alpha value is -9.96. The van der Waals surface area contributed by atoms with Crippen LogP contribution in [0.25, 0.3) is 21.5 Å². The third kappa shape index (κ3) is 17.3. The molecule has 0 saturated heterocycles. The predicted molar refractivity (Wildman–Crippen MR) is 316 cm³/mol. The average molecular weight is 1100 g/mol. The van der Waals surface area contributed by atoms with Crippen LogP contribution >= 0.6 is 0 Å². The van der Waals surface area contributed by atoms with E-state index in [-0.39, 0.29) is 11.9 Å². The Bertz CT molecular complexity index is 3380. The molecule has 0 spiro atoms. The average Bonchev–Trinajstić information content (AvgIpc) is 3.63. The number of nitrogens with zero attached hydrogens (tertiary/aromatic N) is 6. The number of azo groups is 3. The van der Waals surface area contributed by atoms with E-state index in [0.717, 1.165) is 62.1 Å². The number of unbranched alkanes of at least 4 members (excludes halogenated alkanes) is 6. The Labute approximate surface area is 475 Å². The molecule has 8 rings (SSSR count). The monoisotopic (exact) mass is 1100 g/mol. The quantitative estimate of drug-likeness (QED) is 0.0149. The molecule has 0 saturated carbocycles. The van der Waals surface area contributed by atoms with Crippen molar-refractivity contribution in [1.29, 1.82) is 0 Å². The van der Waals surface area contributed by atoms with E-state index in [9.17, 15) is 19.2 Å². The van der Waals surface area contributed by atoms with Gasteiger partial charge in [0.15, 0.2) is 0 Å². The van der Waals surface area contributed by atoms with E-state index in [1.807, 2.05) is 48.5 Å². The van der Waals surface area contributed by atoms with Crippen molar-refractivity contribution in [3.05, 3.63) is 205 Å². The lowest BCUT2D eigenvalue weighted by Crippen LogP contribution is -2.08. The van der Waals surface area contributed by atoms with Crippen molar-refractivity contribution in [2.24, 2.45) is 30.7 Å². The molecule has 0 aliphatic heterocycles. The van der Waals surface area contributed by atoms with Crippen LogP contribution in [0.4, 0.5) is 34.1 Å². The number of carbonyl (C=O) groups is 4. The number of fused-ring (bicyclic) bond motifs is 2. The molecule has 16 heteroatoms. The van der Waals surface area contributed by atoms with E-state index < -0.39 is 11.9 Å². The number of carbonyl (C=O) groups excluding carboxylic acids is 4. The minimum Gasteiger partial charge on any atom is -0.494 e. The van der Waals surface area contributed by atoms with Gasteiger partial charge in [-0.25, -0.2) is 19.2 Å². The van der Waals surface area contributed by atoms with Crippen LogP contribution in [0.5, 0.6) is 23.0 Å². The van der Waals surface area contributed by atoms with Crippen molar-refractivity contribution < 1.29 is 47.6 Å². The van der Waals surface area contributed by atoms with Crippen LogP contribution in [0.2, 0.25) is 0 Å². The normalized spacial score (nSPS) is 11.3. The molecule has 0 aliphatic rings. The maximum Gasteiger partial charge on any atom is 0.343 e. The molecule has 82 heavy (non-hydrogen) atoms.